The van der Waals surface area contributed by atoms with Gasteiger partial charge in [0.25, 0.3) is 0 Å². The smallest absolute Gasteiger partial charge is 0.241 e. The van der Waals surface area contributed by atoms with Gasteiger partial charge in [-0.05, 0) is 51.0 Å². The van der Waals surface area contributed by atoms with E-state index in [1.54, 1.807) is 26.0 Å². The Balaban J connectivity index is 2.23. The fourth-order valence-electron chi connectivity index (χ4n) is 2.49. The van der Waals surface area contributed by atoms with Crippen LogP contribution in [0.1, 0.15) is 38.2 Å². The summed E-state index contributed by atoms with van der Waals surface area (Å²) in [6.07, 6.45) is 0. The second-order valence-corrected chi connectivity index (χ2v) is 8.25. The molecule has 0 saturated carbocycles. The minimum Gasteiger partial charge on any atom is -0.294 e. The number of carbonyl (C=O) groups excluding carboxylic acids is 1. The van der Waals surface area contributed by atoms with Gasteiger partial charge in [0.1, 0.15) is 0 Å². The Labute approximate surface area is 135 Å². The van der Waals surface area contributed by atoms with Gasteiger partial charge in [0.2, 0.25) is 10.0 Å². The van der Waals surface area contributed by atoms with Gasteiger partial charge < -0.3 is 0 Å². The molecule has 0 unspecified atom stereocenters. The van der Waals surface area contributed by atoms with E-state index >= 15 is 0 Å². The average Bonchev–Trinajstić information content (AvgIpc) is 2.83. The number of carbonyl (C=O) groups is 1. The zero-order chi connectivity index (χ0) is 16.5. The molecule has 2 aromatic rings. The summed E-state index contributed by atoms with van der Waals surface area (Å²) >= 11 is 1.31. The van der Waals surface area contributed by atoms with Gasteiger partial charge in [0, 0.05) is 11.4 Å². The van der Waals surface area contributed by atoms with Gasteiger partial charge in [-0.3, -0.25) is 4.79 Å². The van der Waals surface area contributed by atoms with Crippen molar-refractivity contribution >= 4 is 27.1 Å². The van der Waals surface area contributed by atoms with E-state index in [4.69, 9.17) is 0 Å². The lowest BCUT2D eigenvalue weighted by atomic mass is 10.1. The van der Waals surface area contributed by atoms with Crippen LogP contribution in [0.3, 0.4) is 0 Å². The van der Waals surface area contributed by atoms with E-state index in [1.807, 2.05) is 19.1 Å². The lowest BCUT2D eigenvalue weighted by Crippen LogP contribution is -2.24. The zero-order valence-electron chi connectivity index (χ0n) is 13.1. The largest absolute Gasteiger partial charge is 0.294 e. The van der Waals surface area contributed by atoms with Crippen LogP contribution in [0.25, 0.3) is 0 Å². The lowest BCUT2D eigenvalue weighted by Gasteiger charge is -2.12. The van der Waals surface area contributed by atoms with E-state index in [-0.39, 0.29) is 12.3 Å². The zero-order valence-corrected chi connectivity index (χ0v) is 14.7. The first kappa shape index (κ1) is 16.9. The third kappa shape index (κ3) is 3.63. The van der Waals surface area contributed by atoms with Gasteiger partial charge in [-0.1, -0.05) is 17.7 Å². The first-order valence-electron chi connectivity index (χ1n) is 6.88. The van der Waals surface area contributed by atoms with Crippen LogP contribution >= 0.6 is 11.3 Å². The van der Waals surface area contributed by atoms with E-state index in [1.165, 1.54) is 18.3 Å². The summed E-state index contributed by atoms with van der Waals surface area (Å²) in [4.78, 5) is 13.1. The van der Waals surface area contributed by atoms with Crippen LogP contribution in [0.4, 0.5) is 0 Å². The molecule has 4 nitrogen and oxygen atoms in total. The van der Waals surface area contributed by atoms with Crippen LogP contribution in [-0.2, 0) is 16.6 Å². The van der Waals surface area contributed by atoms with Crippen molar-refractivity contribution in [1.82, 2.24) is 4.72 Å². The molecule has 0 bridgehead atoms. The summed E-state index contributed by atoms with van der Waals surface area (Å²) < 4.78 is 27.7. The molecule has 0 aliphatic heterocycles. The highest BCUT2D eigenvalue weighted by molar-refractivity contribution is 7.89. The average molecular weight is 337 g/mol. The fourth-order valence-corrected chi connectivity index (χ4v) is 4.88. The number of hydrogen-bond donors (Lipinski definition) is 1. The molecule has 1 heterocycles. The van der Waals surface area contributed by atoms with E-state index < -0.39 is 10.0 Å². The number of Topliss-reactive ketones (excluding diaryl/α,β-unsaturated/α-hetero) is 1. The predicted octanol–water partition coefficient (Wildman–Crippen LogP) is 3.35. The van der Waals surface area contributed by atoms with E-state index in [0.29, 0.717) is 9.77 Å². The molecule has 0 atom stereocenters. The van der Waals surface area contributed by atoms with Gasteiger partial charge in [0.15, 0.2) is 5.78 Å². The predicted molar refractivity (Wildman–Crippen MR) is 89.0 cm³/mol. The second kappa shape index (κ2) is 6.32. The number of thiophene rings is 1. The van der Waals surface area contributed by atoms with Crippen molar-refractivity contribution in [3.8, 4) is 0 Å². The van der Waals surface area contributed by atoms with Crippen molar-refractivity contribution < 1.29 is 13.2 Å². The standard InChI is InChI=1S/C16H19NO3S2/c1-10-7-11(2)16(12(3)8-10)22(19,20)17-9-14-5-6-15(21-14)13(4)18/h5-8,17H,9H2,1-4H3. The number of sulfonamides is 1. The molecule has 0 radical (unpaired) electrons. The summed E-state index contributed by atoms with van der Waals surface area (Å²) in [5.74, 6) is -0.00988. The maximum atomic E-state index is 12.5. The van der Waals surface area contributed by atoms with Crippen LogP contribution in [-0.4, -0.2) is 14.2 Å². The Morgan fingerprint density at radius 2 is 1.73 bits per heavy atom. The monoisotopic (exact) mass is 337 g/mol. The van der Waals surface area contributed by atoms with E-state index in [9.17, 15) is 13.2 Å². The summed E-state index contributed by atoms with van der Waals surface area (Å²) in [7, 11) is -3.58. The highest BCUT2D eigenvalue weighted by Gasteiger charge is 2.20. The van der Waals surface area contributed by atoms with E-state index in [2.05, 4.69) is 4.72 Å². The molecule has 1 N–H and O–H groups in total. The van der Waals surface area contributed by atoms with Crippen molar-refractivity contribution in [3.63, 3.8) is 0 Å². The molecule has 6 heteroatoms. The number of aryl methyl sites for hydroxylation is 3. The molecule has 2 rings (SSSR count). The summed E-state index contributed by atoms with van der Waals surface area (Å²) in [5.41, 5.74) is 2.51. The number of nitrogens with one attached hydrogen (secondary N) is 1. The Kier molecular flexibility index (Phi) is 4.84. The molecule has 22 heavy (non-hydrogen) atoms. The van der Waals surface area contributed by atoms with Gasteiger partial charge in [0.05, 0.1) is 9.77 Å². The van der Waals surface area contributed by atoms with Crippen molar-refractivity contribution in [1.29, 1.82) is 0 Å². The first-order chi connectivity index (χ1) is 10.2. The molecule has 1 aromatic heterocycles. The van der Waals surface area contributed by atoms with Crippen LogP contribution in [0, 0.1) is 20.8 Å². The van der Waals surface area contributed by atoms with E-state index in [0.717, 1.165) is 21.6 Å². The van der Waals surface area contributed by atoms with Gasteiger partial charge >= 0.3 is 0 Å². The Bertz CT molecular complexity index is 797. The van der Waals surface area contributed by atoms with Crippen LogP contribution in [0.5, 0.6) is 0 Å². The lowest BCUT2D eigenvalue weighted by molar-refractivity contribution is 0.102. The summed E-state index contributed by atoms with van der Waals surface area (Å²) in [6.45, 7) is 7.23. The minimum atomic E-state index is -3.58. The Morgan fingerprint density at radius 3 is 2.23 bits per heavy atom. The SMILES string of the molecule is CC(=O)c1ccc(CNS(=O)(=O)c2c(C)cc(C)cc2C)s1. The normalized spacial score (nSPS) is 11.6. The third-order valence-corrected chi connectivity index (χ3v) is 6.21. The fraction of sp³-hybridized carbons (Fsp3) is 0.312. The van der Waals surface area contributed by atoms with Crippen LogP contribution in [0.15, 0.2) is 29.2 Å². The molecule has 0 fully saturated rings. The molecule has 0 amide bonds. The number of hydrogen-bond acceptors (Lipinski definition) is 4. The molecule has 0 aliphatic carbocycles. The number of benzene rings is 1. The highest BCUT2D eigenvalue weighted by atomic mass is 32.2. The summed E-state index contributed by atoms with van der Waals surface area (Å²) in [6, 6.07) is 7.22. The van der Waals surface area contributed by atoms with Crippen molar-refractivity contribution in [3.05, 3.63) is 50.7 Å². The first-order valence-corrected chi connectivity index (χ1v) is 9.18. The van der Waals surface area contributed by atoms with Gasteiger partial charge in [-0.2, -0.15) is 0 Å². The molecule has 0 saturated heterocycles. The maximum Gasteiger partial charge on any atom is 0.241 e. The van der Waals surface area contributed by atoms with Crippen LogP contribution in [0.2, 0.25) is 0 Å². The van der Waals surface area contributed by atoms with Crippen LogP contribution < -0.4 is 4.72 Å². The molecule has 118 valence electrons. The van der Waals surface area contributed by atoms with Crippen molar-refractivity contribution in [2.45, 2.75) is 39.1 Å². The highest BCUT2D eigenvalue weighted by Crippen LogP contribution is 2.23. The quantitative estimate of drug-likeness (QED) is 0.851. The third-order valence-electron chi connectivity index (χ3n) is 3.32. The Morgan fingerprint density at radius 1 is 1.14 bits per heavy atom. The van der Waals surface area contributed by atoms with Crippen molar-refractivity contribution in [2.24, 2.45) is 0 Å². The summed E-state index contributed by atoms with van der Waals surface area (Å²) in [5, 5.41) is 0. The second-order valence-electron chi connectivity index (χ2n) is 5.37. The number of rotatable bonds is 5. The topological polar surface area (TPSA) is 63.2 Å². The Hall–Kier alpha value is -1.50. The molecular weight excluding hydrogens is 318 g/mol. The van der Waals surface area contributed by atoms with Gasteiger partial charge in [-0.15, -0.1) is 11.3 Å². The molecule has 1 aromatic carbocycles. The molecular formula is C16H19NO3S2. The minimum absolute atomic E-state index is 0.00988. The maximum absolute atomic E-state index is 12.5. The number of ketones is 1. The molecule has 0 aliphatic rings. The molecule has 0 spiro atoms. The van der Waals surface area contributed by atoms with Gasteiger partial charge in [-0.25, -0.2) is 13.1 Å². The van der Waals surface area contributed by atoms with Crippen molar-refractivity contribution in [2.75, 3.05) is 0 Å².